The Morgan fingerprint density at radius 1 is 1.32 bits per heavy atom. The lowest BCUT2D eigenvalue weighted by Gasteiger charge is -2.35. The molecule has 1 aromatic heterocycles. The van der Waals surface area contributed by atoms with Crippen LogP contribution in [0.4, 0.5) is 0 Å². The minimum Gasteiger partial charge on any atom is -0.437 e. The van der Waals surface area contributed by atoms with Crippen molar-refractivity contribution in [2.75, 3.05) is 6.54 Å². The zero-order chi connectivity index (χ0) is 13.8. The van der Waals surface area contributed by atoms with Crippen LogP contribution in [-0.2, 0) is 0 Å². The summed E-state index contributed by atoms with van der Waals surface area (Å²) >= 11 is 1.83. The molecule has 0 amide bonds. The van der Waals surface area contributed by atoms with Gasteiger partial charge >= 0.3 is 0 Å². The Hall–Kier alpha value is -0.480. The first-order valence-corrected chi connectivity index (χ1v) is 8.36. The van der Waals surface area contributed by atoms with Crippen LogP contribution in [0.15, 0.2) is 9.64 Å². The normalized spacial score (nSPS) is 27.7. The molecule has 0 aliphatic heterocycles. The van der Waals surface area contributed by atoms with Gasteiger partial charge in [0.1, 0.15) is 5.76 Å². The highest BCUT2D eigenvalue weighted by Gasteiger charge is 2.31. The van der Waals surface area contributed by atoms with Crippen LogP contribution < -0.4 is 5.32 Å². The molecule has 0 saturated heterocycles. The maximum atomic E-state index is 5.74. The molecule has 0 radical (unpaired) electrons. The summed E-state index contributed by atoms with van der Waals surface area (Å²) < 4.78 is 5.74. The van der Waals surface area contributed by atoms with Crippen molar-refractivity contribution in [2.45, 2.75) is 69.9 Å². The van der Waals surface area contributed by atoms with E-state index in [1.807, 2.05) is 25.6 Å². The number of hydrogen-bond donors (Lipinski definition) is 1. The molecule has 1 saturated carbocycles. The summed E-state index contributed by atoms with van der Waals surface area (Å²) in [6.45, 7) is 9.54. The Kier molecular flexibility index (Phi) is 5.34. The lowest BCUT2D eigenvalue weighted by atomic mass is 9.84. The number of rotatable bonds is 5. The first-order chi connectivity index (χ1) is 9.13. The third-order valence-electron chi connectivity index (χ3n) is 4.21. The van der Waals surface area contributed by atoms with E-state index >= 15 is 0 Å². The van der Waals surface area contributed by atoms with Crippen LogP contribution in [0, 0.1) is 19.8 Å². The van der Waals surface area contributed by atoms with Crippen LogP contribution in [0.2, 0.25) is 0 Å². The van der Waals surface area contributed by atoms with Gasteiger partial charge in [-0.25, -0.2) is 4.98 Å². The molecule has 0 bridgehead atoms. The molecule has 1 aliphatic rings. The molecule has 1 fully saturated rings. The fraction of sp³-hybridized carbons (Fsp3) is 0.800. The van der Waals surface area contributed by atoms with Crippen molar-refractivity contribution in [2.24, 2.45) is 5.92 Å². The van der Waals surface area contributed by atoms with Crippen LogP contribution >= 0.6 is 11.8 Å². The van der Waals surface area contributed by atoms with Gasteiger partial charge in [0, 0.05) is 11.3 Å². The molecular weight excluding hydrogens is 256 g/mol. The summed E-state index contributed by atoms with van der Waals surface area (Å²) in [6.07, 6.45) is 5.20. The number of nitrogens with zero attached hydrogens (tertiary/aromatic N) is 1. The van der Waals surface area contributed by atoms with E-state index in [1.165, 1.54) is 25.7 Å². The van der Waals surface area contributed by atoms with Gasteiger partial charge in [-0.05, 0) is 45.6 Å². The maximum Gasteiger partial charge on any atom is 0.256 e. The minimum atomic E-state index is 0.594. The number of aryl methyl sites for hydroxylation is 2. The predicted octanol–water partition coefficient (Wildman–Crippen LogP) is 3.94. The molecule has 1 N–H and O–H groups in total. The van der Waals surface area contributed by atoms with Crippen LogP contribution in [-0.4, -0.2) is 22.8 Å². The number of aromatic nitrogens is 1. The molecule has 3 atom stereocenters. The highest BCUT2D eigenvalue weighted by atomic mass is 32.2. The quantitative estimate of drug-likeness (QED) is 0.887. The predicted molar refractivity (Wildman–Crippen MR) is 80.7 cm³/mol. The van der Waals surface area contributed by atoms with E-state index < -0.39 is 0 Å². The molecule has 19 heavy (non-hydrogen) atoms. The molecule has 0 aromatic carbocycles. The van der Waals surface area contributed by atoms with Gasteiger partial charge in [-0.1, -0.05) is 32.0 Å². The van der Waals surface area contributed by atoms with Gasteiger partial charge in [-0.3, -0.25) is 0 Å². The summed E-state index contributed by atoms with van der Waals surface area (Å²) in [5, 5.41) is 5.07. The van der Waals surface area contributed by atoms with Crippen molar-refractivity contribution in [3.63, 3.8) is 0 Å². The molecule has 4 heteroatoms. The number of thioether (sulfide) groups is 1. The maximum absolute atomic E-state index is 5.74. The second-order valence-corrected chi connectivity index (χ2v) is 6.72. The zero-order valence-corrected chi connectivity index (χ0v) is 13.3. The van der Waals surface area contributed by atoms with E-state index in [0.29, 0.717) is 11.3 Å². The third kappa shape index (κ3) is 3.76. The van der Waals surface area contributed by atoms with Gasteiger partial charge in [0.15, 0.2) is 0 Å². The lowest BCUT2D eigenvalue weighted by Crippen LogP contribution is -2.42. The first kappa shape index (κ1) is 14.9. The summed E-state index contributed by atoms with van der Waals surface area (Å²) in [5.74, 6) is 1.81. The lowest BCUT2D eigenvalue weighted by molar-refractivity contribution is 0.296. The standard InChI is InChI=1S/C15H26N2OS/c1-5-12-7-8-13(16-6-2)14(9-12)19-15-17-10(3)11(4)18-15/h12-14,16H,5-9H2,1-4H3. The molecule has 1 heterocycles. The van der Waals surface area contributed by atoms with Crippen molar-refractivity contribution in [3.8, 4) is 0 Å². The molecule has 1 aliphatic carbocycles. The molecule has 3 nitrogen and oxygen atoms in total. The smallest absolute Gasteiger partial charge is 0.256 e. The van der Waals surface area contributed by atoms with E-state index in [1.54, 1.807) is 0 Å². The highest BCUT2D eigenvalue weighted by Crippen LogP contribution is 2.37. The molecule has 1 aromatic rings. The monoisotopic (exact) mass is 282 g/mol. The Morgan fingerprint density at radius 3 is 2.68 bits per heavy atom. The Labute approximate surface area is 120 Å². The second kappa shape index (κ2) is 6.80. The van der Waals surface area contributed by atoms with Crippen LogP contribution in [0.3, 0.4) is 0 Å². The topological polar surface area (TPSA) is 38.1 Å². The fourth-order valence-electron chi connectivity index (χ4n) is 2.83. The number of nitrogens with one attached hydrogen (secondary N) is 1. The molecule has 3 unspecified atom stereocenters. The summed E-state index contributed by atoms with van der Waals surface area (Å²) in [4.78, 5) is 4.52. The SMILES string of the molecule is CCNC1CCC(CC)CC1Sc1nc(C)c(C)o1. The summed E-state index contributed by atoms with van der Waals surface area (Å²) in [6, 6.07) is 0.602. The van der Waals surface area contributed by atoms with Crippen LogP contribution in [0.25, 0.3) is 0 Å². The second-order valence-electron chi connectivity index (χ2n) is 5.53. The van der Waals surface area contributed by atoms with E-state index in [4.69, 9.17) is 4.42 Å². The van der Waals surface area contributed by atoms with E-state index in [0.717, 1.165) is 29.1 Å². The Morgan fingerprint density at radius 2 is 2.11 bits per heavy atom. The van der Waals surface area contributed by atoms with E-state index in [9.17, 15) is 0 Å². The third-order valence-corrected chi connectivity index (χ3v) is 5.41. The summed E-state index contributed by atoms with van der Waals surface area (Å²) in [7, 11) is 0. The molecular formula is C15H26N2OS. The fourth-order valence-corrected chi connectivity index (χ4v) is 4.22. The Balaban J connectivity index is 2.04. The van der Waals surface area contributed by atoms with Gasteiger partial charge in [0.25, 0.3) is 5.22 Å². The zero-order valence-electron chi connectivity index (χ0n) is 12.5. The Bertz CT molecular complexity index is 385. The van der Waals surface area contributed by atoms with E-state index in [-0.39, 0.29) is 0 Å². The molecule has 2 rings (SSSR count). The van der Waals surface area contributed by atoms with Gasteiger partial charge in [0.2, 0.25) is 0 Å². The minimum absolute atomic E-state index is 0.594. The molecule has 0 spiro atoms. The van der Waals surface area contributed by atoms with Crippen LogP contribution in [0.1, 0.15) is 51.0 Å². The number of oxazole rings is 1. The van der Waals surface area contributed by atoms with E-state index in [2.05, 4.69) is 24.1 Å². The highest BCUT2D eigenvalue weighted by molar-refractivity contribution is 7.99. The average molecular weight is 282 g/mol. The largest absolute Gasteiger partial charge is 0.437 e. The van der Waals surface area contributed by atoms with Gasteiger partial charge in [0.05, 0.1) is 5.69 Å². The number of hydrogen-bond acceptors (Lipinski definition) is 4. The van der Waals surface area contributed by atoms with Crippen molar-refractivity contribution in [1.29, 1.82) is 0 Å². The van der Waals surface area contributed by atoms with Gasteiger partial charge in [-0.15, -0.1) is 0 Å². The molecule has 108 valence electrons. The van der Waals surface area contributed by atoms with Crippen molar-refractivity contribution < 1.29 is 4.42 Å². The van der Waals surface area contributed by atoms with Gasteiger partial charge in [-0.2, -0.15) is 0 Å². The average Bonchev–Trinajstić information content (AvgIpc) is 2.70. The first-order valence-electron chi connectivity index (χ1n) is 7.48. The van der Waals surface area contributed by atoms with Crippen molar-refractivity contribution in [3.05, 3.63) is 11.5 Å². The van der Waals surface area contributed by atoms with Gasteiger partial charge < -0.3 is 9.73 Å². The van der Waals surface area contributed by atoms with Crippen molar-refractivity contribution in [1.82, 2.24) is 10.3 Å². The summed E-state index contributed by atoms with van der Waals surface area (Å²) in [5.41, 5.74) is 1.02. The van der Waals surface area contributed by atoms with Crippen LogP contribution in [0.5, 0.6) is 0 Å². The van der Waals surface area contributed by atoms with Crippen molar-refractivity contribution >= 4 is 11.8 Å².